The Kier molecular flexibility index (Phi) is 4.56. The van der Waals surface area contributed by atoms with Crippen LogP contribution in [0.25, 0.3) is 0 Å². The number of aliphatic carboxylic acids is 1. The molecular formula is C12H21NO5. The summed E-state index contributed by atoms with van der Waals surface area (Å²) in [6, 6.07) is 0. The number of carboxylic acids is 1. The van der Waals surface area contributed by atoms with Crippen LogP contribution >= 0.6 is 0 Å². The highest BCUT2D eigenvalue weighted by molar-refractivity contribution is 5.71. The maximum atomic E-state index is 11.8. The van der Waals surface area contributed by atoms with Crippen LogP contribution in [0.3, 0.4) is 0 Å². The van der Waals surface area contributed by atoms with Gasteiger partial charge in [-0.25, -0.2) is 4.79 Å². The lowest BCUT2D eigenvalue weighted by atomic mass is 9.98. The Hall–Kier alpha value is -1.30. The Bertz CT molecular complexity index is 323. The maximum absolute atomic E-state index is 11.8. The predicted octanol–water partition coefficient (Wildman–Crippen LogP) is 1.08. The number of carboxylic acid groups (broad SMARTS) is 1. The molecule has 1 heterocycles. The molecule has 1 aliphatic rings. The van der Waals surface area contributed by atoms with E-state index in [4.69, 9.17) is 9.84 Å². The number of hydrogen-bond acceptors (Lipinski definition) is 4. The van der Waals surface area contributed by atoms with Crippen LogP contribution in [0.1, 0.15) is 33.6 Å². The van der Waals surface area contributed by atoms with Crippen LogP contribution in [0.2, 0.25) is 0 Å². The molecule has 1 amide bonds. The third-order valence-electron chi connectivity index (χ3n) is 2.84. The summed E-state index contributed by atoms with van der Waals surface area (Å²) >= 11 is 0. The van der Waals surface area contributed by atoms with Crippen molar-refractivity contribution in [3.05, 3.63) is 0 Å². The Morgan fingerprint density at radius 2 is 1.78 bits per heavy atom. The van der Waals surface area contributed by atoms with Crippen LogP contribution in [0, 0.1) is 5.92 Å². The lowest BCUT2D eigenvalue weighted by Gasteiger charge is -2.26. The van der Waals surface area contributed by atoms with E-state index in [2.05, 4.69) is 0 Å². The van der Waals surface area contributed by atoms with Crippen LogP contribution in [0.15, 0.2) is 0 Å². The van der Waals surface area contributed by atoms with Crippen molar-refractivity contribution >= 4 is 12.1 Å². The molecule has 2 atom stereocenters. The standard InChI is InChI=1S/C12H21NO5/c1-12(2,3)18-11(17)13-6-4-8(10(15)16)9(14)5-7-13/h8-9,14H,4-7H2,1-3H3,(H,15,16)/t8-,9-/m1/s1. The molecule has 0 spiro atoms. The highest BCUT2D eigenvalue weighted by Crippen LogP contribution is 2.20. The van der Waals surface area contributed by atoms with Crippen molar-refractivity contribution in [2.75, 3.05) is 13.1 Å². The van der Waals surface area contributed by atoms with E-state index in [9.17, 15) is 14.7 Å². The number of aliphatic hydroxyl groups is 1. The first kappa shape index (κ1) is 14.8. The highest BCUT2D eigenvalue weighted by atomic mass is 16.6. The van der Waals surface area contributed by atoms with Gasteiger partial charge in [0.1, 0.15) is 5.60 Å². The van der Waals surface area contributed by atoms with Crippen LogP contribution in [0.4, 0.5) is 4.79 Å². The van der Waals surface area contributed by atoms with Crippen LogP contribution in [-0.4, -0.2) is 52.0 Å². The van der Waals surface area contributed by atoms with Gasteiger partial charge in [0, 0.05) is 13.1 Å². The van der Waals surface area contributed by atoms with Crippen molar-refractivity contribution in [2.24, 2.45) is 5.92 Å². The zero-order valence-corrected chi connectivity index (χ0v) is 11.0. The molecule has 1 rings (SSSR count). The monoisotopic (exact) mass is 259 g/mol. The second-order valence-corrected chi connectivity index (χ2v) is 5.56. The molecule has 6 nitrogen and oxygen atoms in total. The third kappa shape index (κ3) is 4.18. The van der Waals surface area contributed by atoms with E-state index in [0.29, 0.717) is 13.1 Å². The summed E-state index contributed by atoms with van der Waals surface area (Å²) in [7, 11) is 0. The number of aliphatic hydroxyl groups excluding tert-OH is 1. The van der Waals surface area contributed by atoms with E-state index in [1.54, 1.807) is 20.8 Å². The first-order valence-electron chi connectivity index (χ1n) is 6.09. The molecule has 0 saturated carbocycles. The summed E-state index contributed by atoms with van der Waals surface area (Å²) in [6.07, 6.45) is -0.859. The molecular weight excluding hydrogens is 238 g/mol. The Balaban J connectivity index is 2.61. The Morgan fingerprint density at radius 3 is 2.28 bits per heavy atom. The van der Waals surface area contributed by atoms with Crippen LogP contribution < -0.4 is 0 Å². The van der Waals surface area contributed by atoms with Gasteiger partial charge in [0.25, 0.3) is 0 Å². The average molecular weight is 259 g/mol. The lowest BCUT2D eigenvalue weighted by molar-refractivity contribution is -0.145. The van der Waals surface area contributed by atoms with Crippen molar-refractivity contribution in [3.8, 4) is 0 Å². The zero-order chi connectivity index (χ0) is 13.9. The van der Waals surface area contributed by atoms with Gasteiger partial charge in [-0.15, -0.1) is 0 Å². The second-order valence-electron chi connectivity index (χ2n) is 5.56. The number of rotatable bonds is 1. The van der Waals surface area contributed by atoms with Gasteiger partial charge in [-0.2, -0.15) is 0 Å². The van der Waals surface area contributed by atoms with Gasteiger partial charge in [0.05, 0.1) is 12.0 Å². The lowest BCUT2D eigenvalue weighted by Crippen LogP contribution is -2.37. The first-order valence-corrected chi connectivity index (χ1v) is 6.09. The number of ether oxygens (including phenoxy) is 1. The summed E-state index contributed by atoms with van der Waals surface area (Å²) in [5.41, 5.74) is -0.575. The minimum absolute atomic E-state index is 0.246. The fourth-order valence-corrected chi connectivity index (χ4v) is 1.89. The molecule has 0 aromatic rings. The summed E-state index contributed by atoms with van der Waals surface area (Å²) in [6.45, 7) is 5.94. The number of amides is 1. The van der Waals surface area contributed by atoms with Gasteiger partial charge in [0.2, 0.25) is 0 Å². The highest BCUT2D eigenvalue weighted by Gasteiger charge is 2.32. The normalized spacial score (nSPS) is 25.4. The molecule has 18 heavy (non-hydrogen) atoms. The number of carbonyl (C=O) groups excluding carboxylic acids is 1. The summed E-state index contributed by atoms with van der Waals surface area (Å²) < 4.78 is 5.22. The number of hydrogen-bond donors (Lipinski definition) is 2. The van der Waals surface area contributed by atoms with Gasteiger partial charge in [-0.3, -0.25) is 4.79 Å². The quantitative estimate of drug-likeness (QED) is 0.735. The molecule has 0 aromatic carbocycles. The predicted molar refractivity (Wildman–Crippen MR) is 64.2 cm³/mol. The molecule has 1 saturated heterocycles. The summed E-state index contributed by atoms with van der Waals surface area (Å²) in [4.78, 5) is 24.2. The van der Waals surface area contributed by atoms with Crippen molar-refractivity contribution in [1.82, 2.24) is 4.90 Å². The van der Waals surface area contributed by atoms with Crippen LogP contribution in [-0.2, 0) is 9.53 Å². The Morgan fingerprint density at radius 1 is 1.22 bits per heavy atom. The van der Waals surface area contributed by atoms with Crippen molar-refractivity contribution < 1.29 is 24.5 Å². The first-order chi connectivity index (χ1) is 8.20. The molecule has 0 aromatic heterocycles. The third-order valence-corrected chi connectivity index (χ3v) is 2.84. The molecule has 6 heteroatoms. The largest absolute Gasteiger partial charge is 0.481 e. The topological polar surface area (TPSA) is 87.1 Å². The smallest absolute Gasteiger partial charge is 0.410 e. The van der Waals surface area contributed by atoms with E-state index < -0.39 is 29.7 Å². The molecule has 0 unspecified atom stereocenters. The molecule has 2 N–H and O–H groups in total. The number of nitrogens with zero attached hydrogens (tertiary/aromatic N) is 1. The minimum atomic E-state index is -1.02. The van der Waals surface area contributed by atoms with Gasteiger partial charge in [-0.1, -0.05) is 0 Å². The molecule has 104 valence electrons. The fraction of sp³-hybridized carbons (Fsp3) is 0.833. The van der Waals surface area contributed by atoms with Gasteiger partial charge in [0.15, 0.2) is 0 Å². The SMILES string of the molecule is CC(C)(C)OC(=O)N1CC[C@@H](O)[C@H](C(=O)O)CC1. The summed E-state index contributed by atoms with van der Waals surface area (Å²) in [5.74, 6) is -1.83. The molecule has 0 bridgehead atoms. The average Bonchev–Trinajstić information content (AvgIpc) is 2.37. The summed E-state index contributed by atoms with van der Waals surface area (Å²) in [5, 5.41) is 18.6. The molecule has 1 aliphatic heterocycles. The van der Waals surface area contributed by atoms with Crippen molar-refractivity contribution in [3.63, 3.8) is 0 Å². The second kappa shape index (κ2) is 5.56. The van der Waals surface area contributed by atoms with E-state index in [-0.39, 0.29) is 12.8 Å². The maximum Gasteiger partial charge on any atom is 0.410 e. The van der Waals surface area contributed by atoms with E-state index >= 15 is 0 Å². The fourth-order valence-electron chi connectivity index (χ4n) is 1.89. The van der Waals surface area contributed by atoms with Gasteiger partial charge >= 0.3 is 12.1 Å². The van der Waals surface area contributed by atoms with Gasteiger partial charge < -0.3 is 19.8 Å². The van der Waals surface area contributed by atoms with E-state index in [1.807, 2.05) is 0 Å². The minimum Gasteiger partial charge on any atom is -0.481 e. The van der Waals surface area contributed by atoms with Crippen LogP contribution in [0.5, 0.6) is 0 Å². The Labute approximate surface area is 107 Å². The van der Waals surface area contributed by atoms with Gasteiger partial charge in [-0.05, 0) is 33.6 Å². The van der Waals surface area contributed by atoms with E-state index in [0.717, 1.165) is 0 Å². The van der Waals surface area contributed by atoms with E-state index in [1.165, 1.54) is 4.90 Å². The molecule has 0 radical (unpaired) electrons. The zero-order valence-electron chi connectivity index (χ0n) is 11.0. The molecule has 1 fully saturated rings. The van der Waals surface area contributed by atoms with Crippen molar-refractivity contribution in [2.45, 2.75) is 45.3 Å². The number of likely N-dealkylation sites (tertiary alicyclic amines) is 1. The van der Waals surface area contributed by atoms with Crippen molar-refractivity contribution in [1.29, 1.82) is 0 Å². The molecule has 0 aliphatic carbocycles. The number of carbonyl (C=O) groups is 2.